The Morgan fingerprint density at radius 3 is 1.42 bits per heavy atom. The van der Waals surface area contributed by atoms with E-state index in [0.29, 0.717) is 13.2 Å². The molecule has 0 saturated carbocycles. The first-order chi connectivity index (χ1) is 24.6. The lowest BCUT2D eigenvalue weighted by Crippen LogP contribution is -2.20. The Balaban J connectivity index is 0.00000212. The Morgan fingerprint density at radius 1 is 0.540 bits per heavy atom. The molecule has 0 fully saturated rings. The third-order valence-electron chi connectivity index (χ3n) is 8.98. The predicted octanol–water partition coefficient (Wildman–Crippen LogP) is 13.1. The van der Waals surface area contributed by atoms with Crippen molar-refractivity contribution in [2.75, 3.05) is 13.2 Å². The van der Waals surface area contributed by atoms with Gasteiger partial charge in [0.1, 0.15) is 23.0 Å². The summed E-state index contributed by atoms with van der Waals surface area (Å²) in [6.07, 6.45) is 3.78. The van der Waals surface area contributed by atoms with Gasteiger partial charge in [-0.05, 0) is 62.1 Å². The molecule has 6 aromatic rings. The highest BCUT2D eigenvalue weighted by Crippen LogP contribution is 2.50. The van der Waals surface area contributed by atoms with Crippen LogP contribution in [0, 0.1) is 19.8 Å². The minimum Gasteiger partial charge on any atom is -0.493 e. The van der Waals surface area contributed by atoms with E-state index in [1.54, 1.807) is 0 Å². The number of hydrogen-bond donors (Lipinski definition) is 0. The van der Waals surface area contributed by atoms with Crippen LogP contribution in [0.5, 0.6) is 23.0 Å². The van der Waals surface area contributed by atoms with Crippen LogP contribution >= 0.6 is 0 Å². The second-order valence-electron chi connectivity index (χ2n) is 12.6. The van der Waals surface area contributed by atoms with Crippen LogP contribution in [0.4, 0.5) is 0 Å². The van der Waals surface area contributed by atoms with Gasteiger partial charge in [0.05, 0.1) is 13.2 Å². The van der Waals surface area contributed by atoms with Crippen molar-refractivity contribution in [3.8, 4) is 67.5 Å². The van der Waals surface area contributed by atoms with Crippen molar-refractivity contribution in [2.45, 2.75) is 40.5 Å². The molecule has 1 aliphatic heterocycles. The summed E-state index contributed by atoms with van der Waals surface area (Å²) in [5, 5.41) is 0. The van der Waals surface area contributed by atoms with Crippen LogP contribution in [0.15, 0.2) is 146 Å². The summed E-state index contributed by atoms with van der Waals surface area (Å²) < 4.78 is 20.8. The van der Waals surface area contributed by atoms with E-state index >= 15 is 0 Å². The van der Waals surface area contributed by atoms with Gasteiger partial charge in [-0.3, -0.25) is 0 Å². The molecule has 0 aromatic heterocycles. The Hall–Kier alpha value is -5.54. The lowest BCUT2D eigenvalue weighted by atomic mass is 9.94. The summed E-state index contributed by atoms with van der Waals surface area (Å²) in [6, 6.07) is 46.5. The van der Waals surface area contributed by atoms with Crippen molar-refractivity contribution < 1.29 is 14.2 Å². The van der Waals surface area contributed by atoms with E-state index in [4.69, 9.17) is 14.2 Å². The maximum atomic E-state index is 7.40. The second-order valence-corrected chi connectivity index (χ2v) is 12.6. The van der Waals surface area contributed by atoms with Gasteiger partial charge in [-0.1, -0.05) is 140 Å². The first-order valence-electron chi connectivity index (χ1n) is 17.7. The predicted molar refractivity (Wildman–Crippen MR) is 209 cm³/mol. The van der Waals surface area contributed by atoms with Gasteiger partial charge in [0, 0.05) is 39.3 Å². The summed E-state index contributed by atoms with van der Waals surface area (Å²) in [7, 11) is 0. The number of benzene rings is 6. The molecule has 0 unspecified atom stereocenters. The minimum atomic E-state index is 0.163. The van der Waals surface area contributed by atoms with E-state index in [1.807, 2.05) is 32.1 Å². The van der Waals surface area contributed by atoms with Crippen LogP contribution in [-0.2, 0) is 0 Å². The van der Waals surface area contributed by atoms with Crippen molar-refractivity contribution in [1.82, 2.24) is 0 Å². The van der Waals surface area contributed by atoms with E-state index in [1.165, 1.54) is 0 Å². The van der Waals surface area contributed by atoms with Gasteiger partial charge in [-0.2, -0.15) is 0 Å². The van der Waals surface area contributed by atoms with E-state index in [0.717, 1.165) is 91.5 Å². The maximum absolute atomic E-state index is 7.40. The van der Waals surface area contributed by atoms with E-state index < -0.39 is 0 Å². The van der Waals surface area contributed by atoms with E-state index in [-0.39, 0.29) is 5.92 Å². The highest BCUT2D eigenvalue weighted by molar-refractivity contribution is 5.89. The van der Waals surface area contributed by atoms with Crippen molar-refractivity contribution in [2.24, 2.45) is 5.92 Å². The molecule has 3 heteroatoms. The largest absolute Gasteiger partial charge is 0.493 e. The average Bonchev–Trinajstić information content (AvgIpc) is 3.16. The Labute approximate surface area is 297 Å². The smallest absolute Gasteiger partial charge is 0.143 e. The number of allylic oxidation sites excluding steroid dienone is 1. The van der Waals surface area contributed by atoms with Crippen LogP contribution in [0.2, 0.25) is 0 Å². The molecule has 0 aliphatic carbocycles. The Morgan fingerprint density at radius 2 is 0.980 bits per heavy atom. The zero-order chi connectivity index (χ0) is 34.9. The van der Waals surface area contributed by atoms with Crippen molar-refractivity contribution >= 4 is 0 Å². The molecule has 0 N–H and O–H groups in total. The van der Waals surface area contributed by atoms with Crippen LogP contribution in [0.3, 0.4) is 0 Å². The molecule has 1 heterocycles. The molecule has 50 heavy (non-hydrogen) atoms. The Bertz CT molecular complexity index is 1900. The number of rotatable bonds is 5. The number of ether oxygens (including phenoxy) is 3. The van der Waals surface area contributed by atoms with Gasteiger partial charge in [-0.25, -0.2) is 0 Å². The highest BCUT2D eigenvalue weighted by Gasteiger charge is 2.24. The van der Waals surface area contributed by atoms with Crippen LogP contribution in [0.25, 0.3) is 44.5 Å². The summed E-state index contributed by atoms with van der Waals surface area (Å²) >= 11 is 0. The van der Waals surface area contributed by atoms with Gasteiger partial charge >= 0.3 is 0 Å². The Kier molecular flexibility index (Phi) is 11.1. The minimum absolute atomic E-state index is 0.163. The fourth-order valence-electron chi connectivity index (χ4n) is 6.45. The van der Waals surface area contributed by atoms with Crippen molar-refractivity contribution in [1.29, 1.82) is 0 Å². The van der Waals surface area contributed by atoms with Gasteiger partial charge in [0.2, 0.25) is 0 Å². The first-order valence-corrected chi connectivity index (χ1v) is 17.7. The summed E-state index contributed by atoms with van der Waals surface area (Å²) in [5.74, 6) is 3.36. The molecular formula is C47H46O3. The van der Waals surface area contributed by atoms with Gasteiger partial charge in [-0.15, -0.1) is 6.58 Å². The lowest BCUT2D eigenvalue weighted by molar-refractivity contribution is 0.171. The van der Waals surface area contributed by atoms with Crippen molar-refractivity contribution in [3.05, 3.63) is 157 Å². The zero-order valence-electron chi connectivity index (χ0n) is 29.6. The normalized spacial score (nSPS) is 12.5. The monoisotopic (exact) mass is 658 g/mol. The summed E-state index contributed by atoms with van der Waals surface area (Å²) in [4.78, 5) is 0. The number of para-hydroxylation sites is 2. The number of aryl methyl sites for hydroxylation is 2. The molecule has 7 rings (SSSR count). The summed E-state index contributed by atoms with van der Waals surface area (Å²) in [6.45, 7) is 13.3. The number of fused-ring (bicyclic) bond motifs is 6. The third-order valence-corrected chi connectivity index (χ3v) is 8.98. The van der Waals surface area contributed by atoms with Crippen LogP contribution in [-0.4, -0.2) is 13.2 Å². The maximum Gasteiger partial charge on any atom is 0.143 e. The van der Waals surface area contributed by atoms with Crippen LogP contribution < -0.4 is 14.2 Å². The SMILES string of the molecule is C=CCCC1COc2ccc(C)cc2-c2cccc(-c3ccccc3)c2Oc2c(-c3ccccc3)cccc2-c2cc(C)ccc2OC1.CC. The molecule has 3 nitrogen and oxygen atoms in total. The quantitative estimate of drug-likeness (QED) is 0.173. The fraction of sp³-hybridized carbons (Fsp3) is 0.191. The molecule has 0 amide bonds. The second kappa shape index (κ2) is 16.2. The van der Waals surface area contributed by atoms with Gasteiger partial charge in [0.25, 0.3) is 0 Å². The molecule has 6 aromatic carbocycles. The average molecular weight is 659 g/mol. The van der Waals surface area contributed by atoms with Crippen molar-refractivity contribution in [3.63, 3.8) is 0 Å². The molecule has 0 radical (unpaired) electrons. The summed E-state index contributed by atoms with van der Waals surface area (Å²) in [5.41, 5.74) is 10.4. The fourth-order valence-corrected chi connectivity index (χ4v) is 6.45. The standard InChI is InChI=1S/C45H40O3.C2H6/c1-4-5-14-33-29-46-42-25-23-31(2)27-40(42)38-21-12-19-36(34-15-8-6-9-16-34)44(38)48-45-37(35-17-10-7-11-18-35)20-13-22-39(45)41-28-32(3)24-26-43(41)47-30-33;1-2/h4,6-13,15-28,33H,1,5,14,29-30H2,2-3H3;1-2H3. The van der Waals surface area contributed by atoms with Crippen LogP contribution in [0.1, 0.15) is 37.8 Å². The van der Waals surface area contributed by atoms with E-state index in [2.05, 4.69) is 142 Å². The van der Waals surface area contributed by atoms with Gasteiger partial charge in [0.15, 0.2) is 0 Å². The van der Waals surface area contributed by atoms with Gasteiger partial charge < -0.3 is 14.2 Å². The third kappa shape index (κ3) is 7.53. The van der Waals surface area contributed by atoms with E-state index in [9.17, 15) is 0 Å². The zero-order valence-corrected chi connectivity index (χ0v) is 29.6. The molecule has 0 bridgehead atoms. The first kappa shape index (κ1) is 34.3. The molecule has 0 saturated heterocycles. The molecule has 252 valence electrons. The molecular weight excluding hydrogens is 613 g/mol. The molecule has 0 spiro atoms. The lowest BCUT2D eigenvalue weighted by Gasteiger charge is -2.25. The number of hydrogen-bond acceptors (Lipinski definition) is 3. The molecule has 1 aliphatic rings. The topological polar surface area (TPSA) is 27.7 Å². The highest BCUT2D eigenvalue weighted by atomic mass is 16.5. The molecule has 0 atom stereocenters.